The Morgan fingerprint density at radius 2 is 2.05 bits per heavy atom. The first kappa shape index (κ1) is 16.2. The summed E-state index contributed by atoms with van der Waals surface area (Å²) in [5.74, 6) is -0.409. The van der Waals surface area contributed by atoms with Gasteiger partial charge >= 0.3 is 0 Å². The van der Waals surface area contributed by atoms with E-state index in [2.05, 4.69) is 60.6 Å². The molecule has 19 heavy (non-hydrogen) atoms. The summed E-state index contributed by atoms with van der Waals surface area (Å²) in [5, 5.41) is 12.2. The van der Waals surface area contributed by atoms with Gasteiger partial charge in [-0.25, -0.2) is 5.43 Å². The normalized spacial score (nSPS) is 10.3. The van der Waals surface area contributed by atoms with E-state index in [0.717, 1.165) is 18.4 Å². The van der Waals surface area contributed by atoms with Crippen LogP contribution in [-0.4, -0.2) is 26.2 Å². The van der Waals surface area contributed by atoms with E-state index < -0.39 is 5.91 Å². The number of hydrogen-bond acceptors (Lipinski definition) is 4. The Labute approximate surface area is 139 Å². The molecule has 1 rings (SSSR count). The van der Waals surface area contributed by atoms with Crippen LogP contribution in [0.1, 0.15) is 12.0 Å². The van der Waals surface area contributed by atoms with E-state index in [1.54, 1.807) is 12.3 Å². The molecule has 0 aliphatic rings. The molecule has 0 aliphatic carbocycles. The fourth-order valence-electron chi connectivity index (χ4n) is 1.38. The number of anilines is 1. The lowest BCUT2D eigenvalue weighted by molar-refractivity contribution is -0.120. The number of hydrazone groups is 1. The van der Waals surface area contributed by atoms with Crippen LogP contribution in [0.2, 0.25) is 0 Å². The highest BCUT2D eigenvalue weighted by Crippen LogP contribution is 2.28. The highest BCUT2D eigenvalue weighted by atomic mass is 127. The summed E-state index contributed by atoms with van der Waals surface area (Å²) in [6, 6.07) is 5.73. The Balaban J connectivity index is 2.84. The molecule has 0 fully saturated rings. The molecular weight excluding hydrogens is 470 g/mol. The van der Waals surface area contributed by atoms with Crippen molar-refractivity contribution in [2.45, 2.75) is 6.42 Å². The Morgan fingerprint density at radius 1 is 1.47 bits per heavy atom. The molecule has 5 nitrogen and oxygen atoms in total. The highest BCUT2D eigenvalue weighted by molar-refractivity contribution is 14.1. The smallest absolute Gasteiger partial charge is 0.254 e. The number of halogens is 2. The molecular formula is C12H12I2N4O. The summed E-state index contributed by atoms with van der Waals surface area (Å²) < 4.78 is 2.22. The number of nitrogens with zero attached hydrogens (tertiary/aromatic N) is 3. The number of hydrogen-bond donors (Lipinski definition) is 1. The van der Waals surface area contributed by atoms with Gasteiger partial charge in [-0.2, -0.15) is 10.4 Å². The second kappa shape index (κ2) is 7.64. The standard InChI is InChI=1S/C12H12I2N4O/c1-18(2)12-9(13)5-8(6-10(12)14)7-16-17-11(19)3-4-15/h5-7H,3H2,1-2H3,(H,17,19). The average molecular weight is 482 g/mol. The van der Waals surface area contributed by atoms with Crippen molar-refractivity contribution in [3.05, 3.63) is 24.8 Å². The molecule has 0 unspecified atom stereocenters. The molecule has 0 spiro atoms. The molecule has 1 aromatic rings. The van der Waals surface area contributed by atoms with Crippen LogP contribution in [0.15, 0.2) is 17.2 Å². The summed E-state index contributed by atoms with van der Waals surface area (Å²) >= 11 is 4.53. The quantitative estimate of drug-likeness (QED) is 0.407. The number of nitriles is 1. The van der Waals surface area contributed by atoms with Gasteiger partial charge < -0.3 is 4.90 Å². The molecule has 0 atom stereocenters. The monoisotopic (exact) mass is 482 g/mol. The Kier molecular flexibility index (Phi) is 6.50. The number of carbonyl (C=O) groups excluding carboxylic acids is 1. The van der Waals surface area contributed by atoms with Gasteiger partial charge in [0, 0.05) is 21.2 Å². The van der Waals surface area contributed by atoms with Gasteiger partial charge in [0.25, 0.3) is 5.91 Å². The third kappa shape index (κ3) is 4.94. The molecule has 1 aromatic carbocycles. The van der Waals surface area contributed by atoms with Crippen LogP contribution in [0, 0.1) is 18.5 Å². The van der Waals surface area contributed by atoms with Crippen LogP contribution >= 0.6 is 45.2 Å². The third-order valence-corrected chi connectivity index (χ3v) is 3.77. The highest BCUT2D eigenvalue weighted by Gasteiger charge is 2.08. The summed E-state index contributed by atoms with van der Waals surface area (Å²) in [5.41, 5.74) is 4.36. The second-order valence-electron chi connectivity index (χ2n) is 3.86. The molecule has 0 aliphatic heterocycles. The van der Waals surface area contributed by atoms with Gasteiger partial charge in [-0.1, -0.05) is 0 Å². The summed E-state index contributed by atoms with van der Waals surface area (Å²) in [6.45, 7) is 0. The lowest BCUT2D eigenvalue weighted by Crippen LogP contribution is -2.16. The predicted octanol–water partition coefficient (Wildman–Crippen LogP) is 2.33. The summed E-state index contributed by atoms with van der Waals surface area (Å²) in [4.78, 5) is 13.1. The van der Waals surface area contributed by atoms with Crippen LogP contribution in [0.3, 0.4) is 0 Å². The minimum atomic E-state index is -0.409. The van der Waals surface area contributed by atoms with E-state index in [4.69, 9.17) is 5.26 Å². The zero-order valence-corrected chi connectivity index (χ0v) is 14.8. The number of carbonyl (C=O) groups is 1. The number of benzene rings is 1. The zero-order valence-electron chi connectivity index (χ0n) is 10.4. The van der Waals surface area contributed by atoms with Crippen molar-refractivity contribution < 1.29 is 4.79 Å². The Morgan fingerprint density at radius 3 is 2.53 bits per heavy atom. The zero-order chi connectivity index (χ0) is 14.4. The molecule has 0 saturated carbocycles. The van der Waals surface area contributed by atoms with Crippen LogP contribution < -0.4 is 10.3 Å². The topological polar surface area (TPSA) is 68.5 Å². The molecule has 0 heterocycles. The van der Waals surface area contributed by atoms with Crippen molar-refractivity contribution in [3.8, 4) is 6.07 Å². The van der Waals surface area contributed by atoms with Gasteiger partial charge in [0.1, 0.15) is 6.42 Å². The second-order valence-corrected chi connectivity index (χ2v) is 6.18. The van der Waals surface area contributed by atoms with Crippen molar-refractivity contribution in [1.29, 1.82) is 5.26 Å². The van der Waals surface area contributed by atoms with Crippen LogP contribution in [0.25, 0.3) is 0 Å². The lowest BCUT2D eigenvalue weighted by Gasteiger charge is -2.17. The number of nitrogens with one attached hydrogen (secondary N) is 1. The van der Waals surface area contributed by atoms with Gasteiger partial charge in [-0.05, 0) is 62.9 Å². The summed E-state index contributed by atoms with van der Waals surface area (Å²) in [7, 11) is 3.99. The first-order valence-corrected chi connectivity index (χ1v) is 7.46. The fourth-order valence-corrected chi connectivity index (χ4v) is 4.16. The van der Waals surface area contributed by atoms with Gasteiger partial charge in [0.2, 0.25) is 0 Å². The molecule has 0 aromatic heterocycles. The van der Waals surface area contributed by atoms with Gasteiger partial charge in [-0.15, -0.1) is 0 Å². The van der Waals surface area contributed by atoms with Crippen LogP contribution in [-0.2, 0) is 4.79 Å². The molecule has 0 radical (unpaired) electrons. The Hall–Kier alpha value is -0.890. The van der Waals surface area contributed by atoms with Crippen molar-refractivity contribution in [1.82, 2.24) is 5.43 Å². The van der Waals surface area contributed by atoms with E-state index >= 15 is 0 Å². The Bertz CT molecular complexity index is 526. The number of amides is 1. The predicted molar refractivity (Wildman–Crippen MR) is 92.2 cm³/mol. The van der Waals surface area contributed by atoms with E-state index in [0.29, 0.717) is 0 Å². The third-order valence-electron chi connectivity index (χ3n) is 2.13. The van der Waals surface area contributed by atoms with E-state index in [-0.39, 0.29) is 6.42 Å². The minimum Gasteiger partial charge on any atom is -0.376 e. The van der Waals surface area contributed by atoms with Crippen LogP contribution in [0.4, 0.5) is 5.69 Å². The molecule has 1 amide bonds. The fraction of sp³-hybridized carbons (Fsp3) is 0.250. The van der Waals surface area contributed by atoms with Crippen molar-refractivity contribution in [2.75, 3.05) is 19.0 Å². The maximum atomic E-state index is 11.1. The van der Waals surface area contributed by atoms with Gasteiger partial charge in [0.15, 0.2) is 0 Å². The first-order valence-electron chi connectivity index (χ1n) is 5.31. The van der Waals surface area contributed by atoms with Gasteiger partial charge in [0.05, 0.1) is 18.0 Å². The van der Waals surface area contributed by atoms with Crippen molar-refractivity contribution in [2.24, 2.45) is 5.10 Å². The van der Waals surface area contributed by atoms with Gasteiger partial charge in [-0.3, -0.25) is 4.79 Å². The SMILES string of the molecule is CN(C)c1c(I)cc(C=NNC(=O)CC#N)cc1I. The van der Waals surface area contributed by atoms with Crippen LogP contribution in [0.5, 0.6) is 0 Å². The van der Waals surface area contributed by atoms with Crippen molar-refractivity contribution >= 4 is 63.0 Å². The molecule has 0 bridgehead atoms. The molecule has 7 heteroatoms. The number of rotatable bonds is 4. The molecule has 0 saturated heterocycles. The molecule has 1 N–H and O–H groups in total. The summed E-state index contributed by atoms with van der Waals surface area (Å²) in [6.07, 6.45) is 1.38. The van der Waals surface area contributed by atoms with E-state index in [1.165, 1.54) is 0 Å². The maximum Gasteiger partial charge on any atom is 0.254 e. The minimum absolute atomic E-state index is 0.189. The van der Waals surface area contributed by atoms with E-state index in [1.807, 2.05) is 26.2 Å². The molecule has 100 valence electrons. The first-order chi connectivity index (χ1) is 8.95. The largest absolute Gasteiger partial charge is 0.376 e. The average Bonchev–Trinajstić information content (AvgIpc) is 2.27. The van der Waals surface area contributed by atoms with Crippen molar-refractivity contribution in [3.63, 3.8) is 0 Å². The lowest BCUT2D eigenvalue weighted by atomic mass is 10.2. The maximum absolute atomic E-state index is 11.1. The van der Waals surface area contributed by atoms with E-state index in [9.17, 15) is 4.79 Å².